The molecule has 0 fully saturated rings. The number of thiazole rings is 1. The maximum Gasteiger partial charge on any atom is 0.254 e. The Bertz CT molecular complexity index is 763. The molecule has 0 atom stereocenters. The topological polar surface area (TPSA) is 61.9 Å². The smallest absolute Gasteiger partial charge is 0.254 e. The van der Waals surface area contributed by atoms with Crippen molar-refractivity contribution in [3.8, 4) is 0 Å². The summed E-state index contributed by atoms with van der Waals surface area (Å²) in [4.78, 5) is 26.2. The van der Waals surface area contributed by atoms with Gasteiger partial charge >= 0.3 is 0 Å². The fourth-order valence-electron chi connectivity index (χ4n) is 2.42. The molecule has 0 aliphatic carbocycles. The lowest BCUT2D eigenvalue weighted by atomic mass is 10.1. The van der Waals surface area contributed by atoms with Gasteiger partial charge in [-0.15, -0.1) is 11.3 Å². The van der Waals surface area contributed by atoms with Gasteiger partial charge in [-0.3, -0.25) is 4.79 Å². The average molecular weight is 314 g/mol. The fraction of sp³-hybridized carbons (Fsp3) is 0.312. The zero-order valence-corrected chi connectivity index (χ0v) is 13.4. The van der Waals surface area contributed by atoms with Crippen LogP contribution in [0.25, 0.3) is 11.0 Å². The van der Waals surface area contributed by atoms with Crippen LogP contribution >= 0.6 is 11.3 Å². The molecule has 0 radical (unpaired) electrons. The van der Waals surface area contributed by atoms with Gasteiger partial charge in [-0.1, -0.05) is 0 Å². The van der Waals surface area contributed by atoms with Crippen LogP contribution in [0.5, 0.6) is 0 Å². The van der Waals surface area contributed by atoms with Crippen molar-refractivity contribution in [3.05, 3.63) is 46.7 Å². The van der Waals surface area contributed by atoms with Gasteiger partial charge in [0.25, 0.3) is 5.91 Å². The molecule has 0 bridgehead atoms. The van der Waals surface area contributed by atoms with E-state index in [-0.39, 0.29) is 11.9 Å². The Morgan fingerprint density at radius 2 is 2.23 bits per heavy atom. The van der Waals surface area contributed by atoms with Crippen molar-refractivity contribution in [2.45, 2.75) is 26.3 Å². The Kier molecular flexibility index (Phi) is 4.20. The first-order valence-electron chi connectivity index (χ1n) is 7.27. The van der Waals surface area contributed by atoms with E-state index in [2.05, 4.69) is 15.0 Å². The molecule has 2 aromatic heterocycles. The van der Waals surface area contributed by atoms with Gasteiger partial charge in [0.05, 0.1) is 22.4 Å². The number of fused-ring (bicyclic) bond motifs is 1. The van der Waals surface area contributed by atoms with Crippen LogP contribution in [-0.4, -0.2) is 38.3 Å². The molecular formula is C16H18N4OS. The van der Waals surface area contributed by atoms with E-state index in [9.17, 15) is 4.79 Å². The average Bonchev–Trinajstić information content (AvgIpc) is 3.17. The van der Waals surface area contributed by atoms with Gasteiger partial charge in [-0.2, -0.15) is 0 Å². The molecule has 22 heavy (non-hydrogen) atoms. The third-order valence-electron chi connectivity index (χ3n) is 3.60. The number of H-pyrrole nitrogens is 1. The zero-order chi connectivity index (χ0) is 15.5. The predicted octanol–water partition coefficient (Wildman–Crippen LogP) is 3.11. The maximum atomic E-state index is 12.8. The molecule has 5 nitrogen and oxygen atoms in total. The number of hydrogen-bond acceptors (Lipinski definition) is 4. The van der Waals surface area contributed by atoms with Gasteiger partial charge in [0.15, 0.2) is 0 Å². The summed E-state index contributed by atoms with van der Waals surface area (Å²) in [5.74, 6) is 0.0445. The Morgan fingerprint density at radius 1 is 1.36 bits per heavy atom. The van der Waals surface area contributed by atoms with Crippen LogP contribution in [0.15, 0.2) is 36.1 Å². The van der Waals surface area contributed by atoms with Gasteiger partial charge in [-0.25, -0.2) is 9.97 Å². The van der Waals surface area contributed by atoms with E-state index in [0.29, 0.717) is 12.1 Å². The summed E-state index contributed by atoms with van der Waals surface area (Å²) in [7, 11) is 0. The zero-order valence-electron chi connectivity index (χ0n) is 12.6. The van der Waals surface area contributed by atoms with Crippen molar-refractivity contribution < 1.29 is 4.79 Å². The van der Waals surface area contributed by atoms with Crippen molar-refractivity contribution in [1.29, 1.82) is 0 Å². The molecule has 3 aromatic rings. The molecule has 1 amide bonds. The molecule has 1 N–H and O–H groups in total. The fourth-order valence-corrected chi connectivity index (χ4v) is 3.03. The number of aromatic nitrogens is 3. The van der Waals surface area contributed by atoms with Crippen molar-refractivity contribution in [1.82, 2.24) is 19.9 Å². The highest BCUT2D eigenvalue weighted by Crippen LogP contribution is 2.16. The summed E-state index contributed by atoms with van der Waals surface area (Å²) < 4.78 is 0. The van der Waals surface area contributed by atoms with E-state index in [4.69, 9.17) is 0 Å². The summed E-state index contributed by atoms with van der Waals surface area (Å²) in [5, 5.41) is 3.02. The molecular weight excluding hydrogens is 296 g/mol. The first-order valence-corrected chi connectivity index (χ1v) is 8.15. The number of carbonyl (C=O) groups excluding carboxylic acids is 1. The molecule has 0 spiro atoms. The number of carbonyl (C=O) groups is 1. The normalized spacial score (nSPS) is 11.2. The summed E-state index contributed by atoms with van der Waals surface area (Å²) in [5.41, 5.74) is 2.44. The summed E-state index contributed by atoms with van der Waals surface area (Å²) in [6.07, 6.45) is 4.23. The van der Waals surface area contributed by atoms with Gasteiger partial charge in [-0.05, 0) is 32.0 Å². The van der Waals surface area contributed by atoms with Crippen LogP contribution in [0.1, 0.15) is 29.2 Å². The quantitative estimate of drug-likeness (QED) is 0.787. The lowest BCUT2D eigenvalue weighted by Crippen LogP contribution is -2.38. The molecule has 1 aromatic carbocycles. The Morgan fingerprint density at radius 3 is 2.95 bits per heavy atom. The second-order valence-corrected chi connectivity index (χ2v) is 6.38. The van der Waals surface area contributed by atoms with E-state index in [0.717, 1.165) is 22.5 Å². The standard InChI is InChI=1S/C16H18N4OS/c1-11(2)20(7-5-15-17-6-8-22-15)16(21)12-3-4-13-14(9-12)19-10-18-13/h3-4,6,8-11H,5,7H2,1-2H3,(H,18,19). The van der Waals surface area contributed by atoms with Crippen LogP contribution in [0, 0.1) is 0 Å². The van der Waals surface area contributed by atoms with E-state index < -0.39 is 0 Å². The largest absolute Gasteiger partial charge is 0.345 e. The number of hydrogen-bond donors (Lipinski definition) is 1. The number of imidazole rings is 1. The Hall–Kier alpha value is -2.21. The molecule has 0 unspecified atom stereocenters. The highest BCUT2D eigenvalue weighted by molar-refractivity contribution is 7.09. The summed E-state index contributed by atoms with van der Waals surface area (Å²) in [6, 6.07) is 5.72. The molecule has 6 heteroatoms. The Balaban J connectivity index is 1.79. The number of nitrogens with zero attached hydrogens (tertiary/aromatic N) is 3. The molecule has 114 valence electrons. The third-order valence-corrected chi connectivity index (χ3v) is 4.44. The lowest BCUT2D eigenvalue weighted by Gasteiger charge is -2.26. The van der Waals surface area contributed by atoms with E-state index in [1.54, 1.807) is 23.9 Å². The first kappa shape index (κ1) is 14.7. The van der Waals surface area contributed by atoms with Crippen LogP contribution in [-0.2, 0) is 6.42 Å². The number of nitrogens with one attached hydrogen (secondary N) is 1. The van der Waals surface area contributed by atoms with Crippen molar-refractivity contribution >= 4 is 28.3 Å². The van der Waals surface area contributed by atoms with E-state index in [1.807, 2.05) is 42.3 Å². The van der Waals surface area contributed by atoms with Crippen molar-refractivity contribution in [2.24, 2.45) is 0 Å². The van der Waals surface area contributed by atoms with Gasteiger partial charge in [0, 0.05) is 36.1 Å². The van der Waals surface area contributed by atoms with Crippen molar-refractivity contribution in [2.75, 3.05) is 6.54 Å². The molecule has 0 saturated carbocycles. The molecule has 0 saturated heterocycles. The highest BCUT2D eigenvalue weighted by Gasteiger charge is 2.19. The summed E-state index contributed by atoms with van der Waals surface area (Å²) >= 11 is 1.62. The van der Waals surface area contributed by atoms with Crippen LogP contribution in [0.3, 0.4) is 0 Å². The first-order chi connectivity index (χ1) is 10.6. The molecule has 0 aliphatic rings. The molecule has 2 heterocycles. The molecule has 0 aliphatic heterocycles. The van der Waals surface area contributed by atoms with Crippen LogP contribution < -0.4 is 0 Å². The van der Waals surface area contributed by atoms with E-state index >= 15 is 0 Å². The van der Waals surface area contributed by atoms with Crippen LogP contribution in [0.2, 0.25) is 0 Å². The van der Waals surface area contributed by atoms with Gasteiger partial charge < -0.3 is 9.88 Å². The van der Waals surface area contributed by atoms with Crippen LogP contribution in [0.4, 0.5) is 0 Å². The summed E-state index contributed by atoms with van der Waals surface area (Å²) in [6.45, 7) is 4.74. The Labute approximate surface area is 133 Å². The second-order valence-electron chi connectivity index (χ2n) is 5.40. The third kappa shape index (κ3) is 3.01. The minimum absolute atomic E-state index is 0.0445. The maximum absolute atomic E-state index is 12.8. The SMILES string of the molecule is CC(C)N(CCc1nccs1)C(=O)c1ccc2nc[nH]c2c1. The van der Waals surface area contributed by atoms with E-state index in [1.165, 1.54) is 0 Å². The molecule has 3 rings (SSSR count). The number of rotatable bonds is 5. The second kappa shape index (κ2) is 6.27. The van der Waals surface area contributed by atoms with Crippen molar-refractivity contribution in [3.63, 3.8) is 0 Å². The minimum atomic E-state index is 0.0445. The number of amides is 1. The van der Waals surface area contributed by atoms with Gasteiger partial charge in [0.1, 0.15) is 0 Å². The number of aromatic amines is 1. The monoisotopic (exact) mass is 314 g/mol. The highest BCUT2D eigenvalue weighted by atomic mass is 32.1. The minimum Gasteiger partial charge on any atom is -0.345 e. The van der Waals surface area contributed by atoms with Gasteiger partial charge in [0.2, 0.25) is 0 Å². The predicted molar refractivity (Wildman–Crippen MR) is 88.1 cm³/mol. The lowest BCUT2D eigenvalue weighted by molar-refractivity contribution is 0.0708. The number of benzene rings is 1.